The average molecular weight is 819 g/mol. The van der Waals surface area contributed by atoms with Gasteiger partial charge in [0.25, 0.3) is 0 Å². The van der Waals surface area contributed by atoms with Gasteiger partial charge in [-0.05, 0) is 79.4 Å². The summed E-state index contributed by atoms with van der Waals surface area (Å²) < 4.78 is 5.07. The molecule has 3 heteroatoms. The van der Waals surface area contributed by atoms with Gasteiger partial charge in [-0.1, -0.05) is 218 Å². The SMILES string of the molecule is c1ccc(-c2ccc(-n3c4ccccc4c4c(-n5c6cc(-c7ccccc7)ccc6c6cccc([Si](c7ccccc7)(c7ccccc7)c7ccccc7)c65)cccc43)cc2)cc1. The summed E-state index contributed by atoms with van der Waals surface area (Å²) >= 11 is 0. The summed E-state index contributed by atoms with van der Waals surface area (Å²) in [4.78, 5) is 0. The number of nitrogens with zero attached hydrogens (tertiary/aromatic N) is 2. The van der Waals surface area contributed by atoms with Gasteiger partial charge < -0.3 is 9.13 Å². The Labute approximate surface area is 368 Å². The van der Waals surface area contributed by atoms with Crippen molar-refractivity contribution in [1.82, 2.24) is 9.13 Å². The van der Waals surface area contributed by atoms with Crippen LogP contribution in [0.15, 0.2) is 255 Å². The van der Waals surface area contributed by atoms with Crippen molar-refractivity contribution in [2.45, 2.75) is 0 Å². The van der Waals surface area contributed by atoms with Gasteiger partial charge in [-0.15, -0.1) is 0 Å². The molecule has 0 bridgehead atoms. The fourth-order valence-corrected chi connectivity index (χ4v) is 15.3. The average Bonchev–Trinajstić information content (AvgIpc) is 3.89. The maximum atomic E-state index is 2.63. The van der Waals surface area contributed by atoms with Crippen LogP contribution in [-0.2, 0) is 0 Å². The molecule has 0 spiro atoms. The number of benzene rings is 10. The fourth-order valence-electron chi connectivity index (χ4n) is 10.4. The summed E-state index contributed by atoms with van der Waals surface area (Å²) in [6, 6.07) is 94.4. The van der Waals surface area contributed by atoms with Crippen molar-refractivity contribution < 1.29 is 0 Å². The molecule has 0 aliphatic carbocycles. The van der Waals surface area contributed by atoms with Crippen LogP contribution >= 0.6 is 0 Å². The molecule has 0 radical (unpaired) electrons. The van der Waals surface area contributed by atoms with Gasteiger partial charge in [0.1, 0.15) is 0 Å². The lowest BCUT2D eigenvalue weighted by atomic mass is 10.0. The normalized spacial score (nSPS) is 11.8. The van der Waals surface area contributed by atoms with E-state index >= 15 is 0 Å². The summed E-state index contributed by atoms with van der Waals surface area (Å²) in [5.41, 5.74) is 11.9. The van der Waals surface area contributed by atoms with Crippen molar-refractivity contribution in [1.29, 1.82) is 0 Å². The monoisotopic (exact) mass is 818 g/mol. The van der Waals surface area contributed by atoms with Crippen LogP contribution in [0.25, 0.3) is 77.2 Å². The first kappa shape index (κ1) is 36.8. The van der Waals surface area contributed by atoms with E-state index in [1.54, 1.807) is 0 Å². The smallest absolute Gasteiger partial charge is 0.181 e. The molecule has 0 atom stereocenters. The van der Waals surface area contributed by atoms with E-state index in [4.69, 9.17) is 0 Å². The van der Waals surface area contributed by atoms with Gasteiger partial charge in [0.05, 0.1) is 27.8 Å². The first-order chi connectivity index (χ1) is 31.3. The van der Waals surface area contributed by atoms with Crippen molar-refractivity contribution >= 4 is 72.4 Å². The largest absolute Gasteiger partial charge is 0.309 e. The Hall–Kier alpha value is -7.98. The summed E-state index contributed by atoms with van der Waals surface area (Å²) in [7, 11) is -3.00. The molecule has 63 heavy (non-hydrogen) atoms. The highest BCUT2D eigenvalue weighted by Crippen LogP contribution is 2.41. The molecule has 0 aliphatic heterocycles. The van der Waals surface area contributed by atoms with Gasteiger partial charge in [-0.3, -0.25) is 0 Å². The Bertz CT molecular complexity index is 3480. The highest BCUT2D eigenvalue weighted by atomic mass is 28.3. The zero-order valence-corrected chi connectivity index (χ0v) is 35.6. The minimum atomic E-state index is -3.00. The van der Waals surface area contributed by atoms with Crippen LogP contribution in [0.3, 0.4) is 0 Å². The Kier molecular flexibility index (Phi) is 8.87. The van der Waals surface area contributed by atoms with Crippen LogP contribution in [0, 0.1) is 0 Å². The third kappa shape index (κ3) is 5.85. The van der Waals surface area contributed by atoms with Crippen LogP contribution < -0.4 is 20.7 Å². The lowest BCUT2D eigenvalue weighted by molar-refractivity contribution is 1.17. The Morgan fingerprint density at radius 2 is 0.762 bits per heavy atom. The Morgan fingerprint density at radius 3 is 1.38 bits per heavy atom. The quantitative estimate of drug-likeness (QED) is 0.107. The number of fused-ring (bicyclic) bond motifs is 6. The molecule has 0 unspecified atom stereocenters. The van der Waals surface area contributed by atoms with Crippen molar-refractivity contribution in [3.8, 4) is 33.6 Å². The second-order valence-corrected chi connectivity index (χ2v) is 20.2. The van der Waals surface area contributed by atoms with Gasteiger partial charge in [0.2, 0.25) is 0 Å². The third-order valence-corrected chi connectivity index (χ3v) is 17.9. The molecule has 10 aromatic carbocycles. The number of hydrogen-bond donors (Lipinski definition) is 0. The summed E-state index contributed by atoms with van der Waals surface area (Å²) in [5.74, 6) is 0. The highest BCUT2D eigenvalue weighted by Gasteiger charge is 2.43. The molecule has 2 heterocycles. The van der Waals surface area contributed by atoms with E-state index in [2.05, 4.69) is 264 Å². The third-order valence-electron chi connectivity index (χ3n) is 13.1. The summed E-state index contributed by atoms with van der Waals surface area (Å²) in [5, 5.41) is 10.4. The van der Waals surface area contributed by atoms with Crippen molar-refractivity contribution in [2.75, 3.05) is 0 Å². The molecule has 2 aromatic heterocycles. The summed E-state index contributed by atoms with van der Waals surface area (Å²) in [6.07, 6.45) is 0. The molecule has 0 amide bonds. The number of aromatic nitrogens is 2. The molecular weight excluding hydrogens is 777 g/mol. The van der Waals surface area contributed by atoms with Crippen LogP contribution in [0.5, 0.6) is 0 Å². The maximum Gasteiger partial charge on any atom is 0.181 e. The predicted molar refractivity (Wildman–Crippen MR) is 270 cm³/mol. The molecular formula is C60H42N2Si. The molecule has 2 nitrogen and oxygen atoms in total. The van der Waals surface area contributed by atoms with E-state index in [1.807, 2.05) is 0 Å². The lowest BCUT2D eigenvalue weighted by Gasteiger charge is -2.35. The van der Waals surface area contributed by atoms with Gasteiger partial charge in [-0.2, -0.15) is 0 Å². The Balaban J connectivity index is 1.23. The standard InChI is InChI=1S/C60H42N2Si/c1-6-20-43(21-7-1)45-36-39-47(40-37-45)61-54-32-17-16-30-53(54)59-55(61)33-19-34-56(59)62-57-42-46(44-22-8-2-9-23-44)38-41-51(57)52-31-18-35-58(60(52)62)63(48-24-10-3-11-25-48,49-26-12-4-13-27-49)50-28-14-5-15-29-50/h1-42H. The van der Waals surface area contributed by atoms with E-state index < -0.39 is 8.07 Å². The molecule has 0 fully saturated rings. The number of rotatable bonds is 8. The topological polar surface area (TPSA) is 9.86 Å². The van der Waals surface area contributed by atoms with E-state index in [0.717, 1.165) is 11.4 Å². The molecule has 296 valence electrons. The predicted octanol–water partition coefficient (Wildman–Crippen LogP) is 12.6. The second-order valence-electron chi connectivity index (χ2n) is 16.4. The zero-order valence-electron chi connectivity index (χ0n) is 34.6. The Morgan fingerprint density at radius 1 is 0.286 bits per heavy atom. The first-order valence-electron chi connectivity index (χ1n) is 21.8. The molecule has 0 aliphatic rings. The summed E-state index contributed by atoms with van der Waals surface area (Å²) in [6.45, 7) is 0. The lowest BCUT2D eigenvalue weighted by Crippen LogP contribution is -2.75. The second kappa shape index (κ2) is 15.2. The van der Waals surface area contributed by atoms with E-state index in [0.29, 0.717) is 0 Å². The minimum Gasteiger partial charge on any atom is -0.309 e. The van der Waals surface area contributed by atoms with Gasteiger partial charge >= 0.3 is 0 Å². The van der Waals surface area contributed by atoms with Crippen molar-refractivity contribution in [3.05, 3.63) is 255 Å². The van der Waals surface area contributed by atoms with Crippen LogP contribution in [0.1, 0.15) is 0 Å². The highest BCUT2D eigenvalue weighted by molar-refractivity contribution is 7.20. The van der Waals surface area contributed by atoms with Crippen LogP contribution in [0.2, 0.25) is 0 Å². The van der Waals surface area contributed by atoms with Gasteiger partial charge in [-0.25, -0.2) is 0 Å². The van der Waals surface area contributed by atoms with E-state index in [-0.39, 0.29) is 0 Å². The van der Waals surface area contributed by atoms with Crippen LogP contribution in [0.4, 0.5) is 0 Å². The van der Waals surface area contributed by atoms with E-state index in [1.165, 1.54) is 86.6 Å². The molecule has 12 rings (SSSR count). The zero-order chi connectivity index (χ0) is 41.7. The van der Waals surface area contributed by atoms with Gasteiger partial charge in [0, 0.05) is 27.2 Å². The first-order valence-corrected chi connectivity index (χ1v) is 23.8. The maximum absolute atomic E-state index is 3.00. The van der Waals surface area contributed by atoms with Crippen molar-refractivity contribution in [2.24, 2.45) is 0 Å². The molecule has 0 N–H and O–H groups in total. The molecule has 0 saturated carbocycles. The molecule has 0 saturated heterocycles. The fraction of sp³-hybridized carbons (Fsp3) is 0. The van der Waals surface area contributed by atoms with Gasteiger partial charge in [0.15, 0.2) is 8.07 Å². The van der Waals surface area contributed by atoms with Crippen LogP contribution in [-0.4, -0.2) is 17.2 Å². The molecule has 12 aromatic rings. The van der Waals surface area contributed by atoms with E-state index in [9.17, 15) is 0 Å². The minimum absolute atomic E-state index is 1.14. The number of hydrogen-bond acceptors (Lipinski definition) is 0. The van der Waals surface area contributed by atoms with Crippen molar-refractivity contribution in [3.63, 3.8) is 0 Å². The number of para-hydroxylation sites is 2.